The van der Waals surface area contributed by atoms with Gasteiger partial charge in [-0.3, -0.25) is 14.9 Å². The monoisotopic (exact) mass is 360 g/mol. The summed E-state index contributed by atoms with van der Waals surface area (Å²) in [5.41, 5.74) is -1.14. The van der Waals surface area contributed by atoms with Crippen LogP contribution in [0.2, 0.25) is 5.02 Å². The van der Waals surface area contributed by atoms with Gasteiger partial charge in [-0.2, -0.15) is 0 Å². The molecule has 1 heterocycles. The number of barbiturate groups is 1. The van der Waals surface area contributed by atoms with Crippen LogP contribution in [0, 0.1) is 11.2 Å². The van der Waals surface area contributed by atoms with Gasteiger partial charge in [-0.15, -0.1) is 0 Å². The van der Waals surface area contributed by atoms with E-state index in [-0.39, 0.29) is 15.2 Å². The molecule has 2 aliphatic rings. The number of hydrogen-bond acceptors (Lipinski definition) is 3. The van der Waals surface area contributed by atoms with Crippen LogP contribution in [0.15, 0.2) is 16.6 Å². The molecule has 0 aromatic heterocycles. The first kappa shape index (κ1) is 13.5. The van der Waals surface area contributed by atoms with E-state index in [1.165, 1.54) is 0 Å². The third kappa shape index (κ3) is 1.76. The number of hydrogen-bond donors (Lipinski definition) is 1. The molecule has 4 amide bonds. The number of rotatable bonds is 1. The van der Waals surface area contributed by atoms with Crippen LogP contribution in [0.3, 0.4) is 0 Å². The number of urea groups is 1. The van der Waals surface area contributed by atoms with Gasteiger partial charge in [0.25, 0.3) is 5.91 Å². The van der Waals surface area contributed by atoms with Crippen molar-refractivity contribution in [3.63, 3.8) is 0 Å². The summed E-state index contributed by atoms with van der Waals surface area (Å²) in [4.78, 5) is 36.8. The van der Waals surface area contributed by atoms with Gasteiger partial charge in [-0.1, -0.05) is 11.6 Å². The van der Waals surface area contributed by atoms with E-state index in [0.29, 0.717) is 12.8 Å². The zero-order valence-corrected chi connectivity index (χ0v) is 12.2. The molecule has 0 unspecified atom stereocenters. The van der Waals surface area contributed by atoms with Crippen LogP contribution < -0.4 is 10.2 Å². The van der Waals surface area contributed by atoms with Crippen molar-refractivity contribution in [2.24, 2.45) is 5.41 Å². The molecule has 1 aliphatic heterocycles. The van der Waals surface area contributed by atoms with Crippen LogP contribution in [0.25, 0.3) is 0 Å². The van der Waals surface area contributed by atoms with Crippen molar-refractivity contribution in [1.29, 1.82) is 0 Å². The number of amides is 4. The average Bonchev–Trinajstić information content (AvgIpc) is 3.12. The molecular formula is C12H7BrClFN2O3. The topological polar surface area (TPSA) is 66.5 Å². The molecule has 1 N–H and O–H groups in total. The quantitative estimate of drug-likeness (QED) is 0.782. The molecular weight excluding hydrogens is 354 g/mol. The highest BCUT2D eigenvalue weighted by atomic mass is 79.9. The zero-order valence-electron chi connectivity index (χ0n) is 9.87. The third-order valence-electron chi connectivity index (χ3n) is 3.43. The minimum absolute atomic E-state index is 0.0364. The standard InChI is InChI=1S/C12H7BrClFN2O3/c13-6-3-5(15)4-7(14)8(6)17-10(19)12(1-2-12)9(18)16-11(17)20/h3-4H,1-2H2,(H,16,18,20). The molecule has 0 radical (unpaired) electrons. The highest BCUT2D eigenvalue weighted by molar-refractivity contribution is 9.10. The van der Waals surface area contributed by atoms with Gasteiger partial charge in [-0.25, -0.2) is 14.1 Å². The summed E-state index contributed by atoms with van der Waals surface area (Å²) in [6.07, 6.45) is 0.774. The Labute approximate surface area is 126 Å². The summed E-state index contributed by atoms with van der Waals surface area (Å²) < 4.78 is 13.4. The number of carbonyl (C=O) groups excluding carboxylic acids is 3. The second-order valence-electron chi connectivity index (χ2n) is 4.70. The summed E-state index contributed by atoms with van der Waals surface area (Å²) in [6, 6.07) is 1.21. The molecule has 1 aromatic rings. The molecule has 0 atom stereocenters. The molecule has 1 spiro atoms. The normalized spacial score (nSPS) is 20.4. The number of anilines is 1. The molecule has 8 heteroatoms. The Balaban J connectivity index is 2.12. The summed E-state index contributed by atoms with van der Waals surface area (Å²) in [6.45, 7) is 0. The predicted molar refractivity (Wildman–Crippen MR) is 71.8 cm³/mol. The Morgan fingerprint density at radius 2 is 1.95 bits per heavy atom. The van der Waals surface area contributed by atoms with Gasteiger partial charge in [0, 0.05) is 4.47 Å². The number of nitrogens with one attached hydrogen (secondary N) is 1. The number of nitrogens with zero attached hydrogens (tertiary/aromatic N) is 1. The third-order valence-corrected chi connectivity index (χ3v) is 4.32. The summed E-state index contributed by atoms with van der Waals surface area (Å²) in [5, 5.41) is 2.04. The molecule has 0 bridgehead atoms. The van der Waals surface area contributed by atoms with E-state index in [9.17, 15) is 18.8 Å². The fourth-order valence-electron chi connectivity index (χ4n) is 2.19. The Kier molecular flexibility index (Phi) is 2.88. The number of carbonyl (C=O) groups is 3. The minimum atomic E-state index is -1.18. The zero-order chi connectivity index (χ0) is 14.7. The molecule has 1 saturated carbocycles. The first-order valence-electron chi connectivity index (χ1n) is 5.71. The van der Waals surface area contributed by atoms with E-state index >= 15 is 0 Å². The van der Waals surface area contributed by atoms with Crippen LogP contribution in [-0.4, -0.2) is 17.8 Å². The average molecular weight is 362 g/mol. The summed E-state index contributed by atoms with van der Waals surface area (Å²) in [5.74, 6) is -1.81. The number of imide groups is 2. The van der Waals surface area contributed by atoms with E-state index < -0.39 is 29.1 Å². The second kappa shape index (κ2) is 4.26. The predicted octanol–water partition coefficient (Wildman–Crippen LogP) is 2.60. The first-order chi connectivity index (χ1) is 9.36. The van der Waals surface area contributed by atoms with Crippen molar-refractivity contribution in [2.45, 2.75) is 12.8 Å². The van der Waals surface area contributed by atoms with E-state index in [4.69, 9.17) is 11.6 Å². The van der Waals surface area contributed by atoms with Gasteiger partial charge in [0.05, 0.1) is 10.7 Å². The van der Waals surface area contributed by atoms with Crippen LogP contribution >= 0.6 is 27.5 Å². The fraction of sp³-hybridized carbons (Fsp3) is 0.250. The van der Waals surface area contributed by atoms with Crippen molar-refractivity contribution in [1.82, 2.24) is 5.32 Å². The highest BCUT2D eigenvalue weighted by Gasteiger charge is 2.62. The van der Waals surface area contributed by atoms with Crippen molar-refractivity contribution >= 4 is 51.1 Å². The van der Waals surface area contributed by atoms with Crippen LogP contribution in [0.4, 0.5) is 14.9 Å². The van der Waals surface area contributed by atoms with Crippen molar-refractivity contribution in [3.05, 3.63) is 27.4 Å². The van der Waals surface area contributed by atoms with Crippen molar-refractivity contribution in [3.8, 4) is 0 Å². The van der Waals surface area contributed by atoms with Gasteiger partial charge < -0.3 is 0 Å². The lowest BCUT2D eigenvalue weighted by atomic mass is 10.0. The fourth-order valence-corrected chi connectivity index (χ4v) is 3.21. The maximum absolute atomic E-state index is 13.2. The lowest BCUT2D eigenvalue weighted by Gasteiger charge is -2.31. The maximum Gasteiger partial charge on any atom is 0.335 e. The largest absolute Gasteiger partial charge is 0.335 e. The van der Waals surface area contributed by atoms with Crippen LogP contribution in [-0.2, 0) is 9.59 Å². The van der Waals surface area contributed by atoms with Crippen molar-refractivity contribution < 1.29 is 18.8 Å². The summed E-state index contributed by atoms with van der Waals surface area (Å²) in [7, 11) is 0. The number of halogens is 3. The Morgan fingerprint density at radius 3 is 2.50 bits per heavy atom. The molecule has 1 saturated heterocycles. The van der Waals surface area contributed by atoms with Gasteiger partial charge in [-0.05, 0) is 40.9 Å². The lowest BCUT2D eigenvalue weighted by molar-refractivity contribution is -0.136. The second-order valence-corrected chi connectivity index (χ2v) is 5.96. The SMILES string of the molecule is O=C1NC(=O)C2(CC2)C(=O)N1c1c(Cl)cc(F)cc1Br. The van der Waals surface area contributed by atoms with E-state index in [2.05, 4.69) is 21.2 Å². The van der Waals surface area contributed by atoms with Gasteiger partial charge in [0.2, 0.25) is 5.91 Å². The van der Waals surface area contributed by atoms with Crippen molar-refractivity contribution in [2.75, 3.05) is 4.90 Å². The van der Waals surface area contributed by atoms with Gasteiger partial charge in [0.1, 0.15) is 11.2 Å². The van der Waals surface area contributed by atoms with E-state index in [1.807, 2.05) is 0 Å². The molecule has 1 aromatic carbocycles. The highest BCUT2D eigenvalue weighted by Crippen LogP contribution is 2.51. The molecule has 104 valence electrons. The van der Waals surface area contributed by atoms with E-state index in [1.54, 1.807) is 0 Å². The van der Waals surface area contributed by atoms with Gasteiger partial charge >= 0.3 is 6.03 Å². The van der Waals surface area contributed by atoms with Crippen LogP contribution in [0.1, 0.15) is 12.8 Å². The lowest BCUT2D eigenvalue weighted by Crippen LogP contribution is -2.59. The number of benzene rings is 1. The molecule has 5 nitrogen and oxygen atoms in total. The molecule has 20 heavy (non-hydrogen) atoms. The molecule has 2 fully saturated rings. The van der Waals surface area contributed by atoms with E-state index in [0.717, 1.165) is 17.0 Å². The molecule has 3 rings (SSSR count). The smallest absolute Gasteiger partial charge is 0.276 e. The molecule has 1 aliphatic carbocycles. The maximum atomic E-state index is 13.2. The Bertz CT molecular complexity index is 652. The summed E-state index contributed by atoms with van der Waals surface area (Å²) >= 11 is 9.00. The van der Waals surface area contributed by atoms with Gasteiger partial charge in [0.15, 0.2) is 0 Å². The van der Waals surface area contributed by atoms with Crippen LogP contribution in [0.5, 0.6) is 0 Å². The Morgan fingerprint density at radius 1 is 1.30 bits per heavy atom. The Hall–Kier alpha value is -1.47. The first-order valence-corrected chi connectivity index (χ1v) is 6.88. The minimum Gasteiger partial charge on any atom is -0.276 e.